The van der Waals surface area contributed by atoms with E-state index in [2.05, 4.69) is 9.55 Å². The molecule has 14 heavy (non-hydrogen) atoms. The third-order valence-electron chi connectivity index (χ3n) is 4.04. The number of nitrogens with zero attached hydrogens (tertiary/aromatic N) is 2. The summed E-state index contributed by atoms with van der Waals surface area (Å²) in [4.78, 5) is 4.34. The fraction of sp³-hybridized carbons (Fsp3) is 0.727. The van der Waals surface area contributed by atoms with Crippen molar-refractivity contribution in [2.75, 3.05) is 0 Å². The second kappa shape index (κ2) is 2.83. The molecule has 2 aliphatic carbocycles. The molecule has 3 rings (SSSR count). The minimum atomic E-state index is 0.172. The van der Waals surface area contributed by atoms with E-state index in [1.54, 1.807) is 0 Å². The van der Waals surface area contributed by atoms with Crippen molar-refractivity contribution in [3.63, 3.8) is 0 Å². The van der Waals surface area contributed by atoms with Crippen molar-refractivity contribution in [1.82, 2.24) is 9.55 Å². The molecule has 1 aromatic heterocycles. The van der Waals surface area contributed by atoms with Gasteiger partial charge in [0.15, 0.2) is 0 Å². The first-order valence-electron chi connectivity index (χ1n) is 5.52. The number of imidazole rings is 1. The smallest absolute Gasteiger partial charge is 0.125 e. The van der Waals surface area contributed by atoms with Gasteiger partial charge in [-0.1, -0.05) is 6.42 Å². The third kappa shape index (κ3) is 1.05. The van der Waals surface area contributed by atoms with Gasteiger partial charge in [-0.3, -0.25) is 0 Å². The lowest BCUT2D eigenvalue weighted by Crippen LogP contribution is -2.19. The standard InChI is InChI=1S/C11H17N3/c1-14-6-5-13-11(14)10(12)9-7-3-2-4-8(7)9/h5-10H,2-4,12H2,1H3. The molecule has 0 saturated heterocycles. The summed E-state index contributed by atoms with van der Waals surface area (Å²) in [6, 6.07) is 0.172. The Labute approximate surface area is 84.3 Å². The van der Waals surface area contributed by atoms with Crippen LogP contribution in [-0.2, 0) is 7.05 Å². The zero-order chi connectivity index (χ0) is 9.71. The fourth-order valence-electron chi connectivity index (χ4n) is 3.28. The van der Waals surface area contributed by atoms with Crippen LogP contribution in [0.4, 0.5) is 0 Å². The van der Waals surface area contributed by atoms with Crippen molar-refractivity contribution in [2.24, 2.45) is 30.5 Å². The molecule has 0 spiro atoms. The summed E-state index contributed by atoms with van der Waals surface area (Å²) in [6.45, 7) is 0. The minimum Gasteiger partial charge on any atom is -0.337 e. The minimum absolute atomic E-state index is 0.172. The molecule has 2 fully saturated rings. The summed E-state index contributed by atoms with van der Waals surface area (Å²) in [7, 11) is 2.03. The second-order valence-corrected chi connectivity index (χ2v) is 4.76. The number of hydrogen-bond acceptors (Lipinski definition) is 2. The summed E-state index contributed by atoms with van der Waals surface area (Å²) in [5, 5.41) is 0. The van der Waals surface area contributed by atoms with E-state index in [9.17, 15) is 0 Å². The van der Waals surface area contributed by atoms with Crippen molar-refractivity contribution in [3.8, 4) is 0 Å². The lowest BCUT2D eigenvalue weighted by molar-refractivity contribution is 0.474. The first kappa shape index (κ1) is 8.48. The van der Waals surface area contributed by atoms with Gasteiger partial charge in [-0.15, -0.1) is 0 Å². The molecule has 1 aromatic rings. The predicted molar refractivity (Wildman–Crippen MR) is 54.5 cm³/mol. The van der Waals surface area contributed by atoms with Crippen LogP contribution in [0.15, 0.2) is 12.4 Å². The number of nitrogens with two attached hydrogens (primary N) is 1. The zero-order valence-corrected chi connectivity index (χ0v) is 8.56. The molecule has 0 aliphatic heterocycles. The first-order chi connectivity index (χ1) is 6.79. The van der Waals surface area contributed by atoms with E-state index in [1.807, 2.05) is 19.4 Å². The SMILES string of the molecule is Cn1ccnc1C(N)C1C2CCCC21. The van der Waals surface area contributed by atoms with Crippen LogP contribution in [0.5, 0.6) is 0 Å². The van der Waals surface area contributed by atoms with E-state index in [-0.39, 0.29) is 6.04 Å². The highest BCUT2D eigenvalue weighted by Crippen LogP contribution is 2.61. The monoisotopic (exact) mass is 191 g/mol. The van der Waals surface area contributed by atoms with Gasteiger partial charge in [-0.25, -0.2) is 4.98 Å². The number of aromatic nitrogens is 2. The molecule has 0 radical (unpaired) electrons. The lowest BCUT2D eigenvalue weighted by atomic mass is 10.0. The fourth-order valence-corrected chi connectivity index (χ4v) is 3.28. The van der Waals surface area contributed by atoms with Crippen molar-refractivity contribution in [1.29, 1.82) is 0 Å². The van der Waals surface area contributed by atoms with Crippen LogP contribution in [0.25, 0.3) is 0 Å². The summed E-state index contributed by atoms with van der Waals surface area (Å²) in [6.07, 6.45) is 8.03. The molecule has 76 valence electrons. The van der Waals surface area contributed by atoms with Crippen molar-refractivity contribution >= 4 is 0 Å². The molecule has 0 bridgehead atoms. The van der Waals surface area contributed by atoms with Gasteiger partial charge in [-0.05, 0) is 30.6 Å². The second-order valence-electron chi connectivity index (χ2n) is 4.76. The molecular formula is C11H17N3. The lowest BCUT2D eigenvalue weighted by Gasteiger charge is -2.13. The molecule has 2 aliphatic rings. The Morgan fingerprint density at radius 3 is 2.79 bits per heavy atom. The van der Waals surface area contributed by atoms with Crippen LogP contribution in [0, 0.1) is 17.8 Å². The highest BCUT2D eigenvalue weighted by Gasteiger charge is 2.55. The summed E-state index contributed by atoms with van der Waals surface area (Å²) < 4.78 is 2.05. The highest BCUT2D eigenvalue weighted by atomic mass is 15.1. The maximum absolute atomic E-state index is 6.25. The third-order valence-corrected chi connectivity index (χ3v) is 4.04. The van der Waals surface area contributed by atoms with E-state index in [0.717, 1.165) is 23.6 Å². The van der Waals surface area contributed by atoms with Gasteiger partial charge in [0.2, 0.25) is 0 Å². The normalized spacial score (nSPS) is 36.9. The molecular weight excluding hydrogens is 174 g/mol. The molecule has 3 atom stereocenters. The molecule has 3 unspecified atom stereocenters. The van der Waals surface area contributed by atoms with Gasteiger partial charge >= 0.3 is 0 Å². The van der Waals surface area contributed by atoms with Crippen LogP contribution in [0.3, 0.4) is 0 Å². The average Bonchev–Trinajstić information content (AvgIpc) is 2.57. The quantitative estimate of drug-likeness (QED) is 0.769. The van der Waals surface area contributed by atoms with Gasteiger partial charge in [0.1, 0.15) is 5.82 Å². The van der Waals surface area contributed by atoms with Crippen LogP contribution in [0.2, 0.25) is 0 Å². The number of rotatable bonds is 2. The average molecular weight is 191 g/mol. The van der Waals surface area contributed by atoms with Crippen LogP contribution < -0.4 is 5.73 Å². The van der Waals surface area contributed by atoms with E-state index in [0.29, 0.717) is 0 Å². The Morgan fingerprint density at radius 2 is 2.21 bits per heavy atom. The number of hydrogen-bond donors (Lipinski definition) is 1. The van der Waals surface area contributed by atoms with Crippen LogP contribution in [-0.4, -0.2) is 9.55 Å². The molecule has 1 heterocycles. The van der Waals surface area contributed by atoms with Gasteiger partial charge in [0.05, 0.1) is 6.04 Å². The maximum atomic E-state index is 6.25. The van der Waals surface area contributed by atoms with Gasteiger partial charge in [0.25, 0.3) is 0 Å². The molecule has 3 heteroatoms. The Kier molecular flexibility index (Phi) is 1.71. The van der Waals surface area contributed by atoms with Crippen LogP contribution in [0.1, 0.15) is 31.1 Å². The van der Waals surface area contributed by atoms with Crippen LogP contribution >= 0.6 is 0 Å². The molecule has 3 nitrogen and oxygen atoms in total. The molecule has 2 saturated carbocycles. The Hall–Kier alpha value is -0.830. The van der Waals surface area contributed by atoms with E-state index in [4.69, 9.17) is 5.73 Å². The predicted octanol–water partition coefficient (Wildman–Crippen LogP) is 1.47. The number of fused-ring (bicyclic) bond motifs is 1. The summed E-state index contributed by atoms with van der Waals surface area (Å²) in [5.41, 5.74) is 6.25. The highest BCUT2D eigenvalue weighted by molar-refractivity contribution is 5.12. The maximum Gasteiger partial charge on any atom is 0.125 e. The first-order valence-corrected chi connectivity index (χ1v) is 5.52. The van der Waals surface area contributed by atoms with Crippen molar-refractivity contribution in [3.05, 3.63) is 18.2 Å². The van der Waals surface area contributed by atoms with Gasteiger partial charge < -0.3 is 10.3 Å². The van der Waals surface area contributed by atoms with Gasteiger partial charge in [-0.2, -0.15) is 0 Å². The van der Waals surface area contributed by atoms with Crippen molar-refractivity contribution in [2.45, 2.75) is 25.3 Å². The van der Waals surface area contributed by atoms with Gasteiger partial charge in [0, 0.05) is 19.4 Å². The van der Waals surface area contributed by atoms with E-state index in [1.165, 1.54) is 19.3 Å². The Balaban J connectivity index is 1.78. The van der Waals surface area contributed by atoms with E-state index < -0.39 is 0 Å². The Bertz CT molecular complexity index is 334. The summed E-state index contributed by atoms with van der Waals surface area (Å²) >= 11 is 0. The number of aryl methyl sites for hydroxylation is 1. The zero-order valence-electron chi connectivity index (χ0n) is 8.56. The molecule has 2 N–H and O–H groups in total. The molecule has 0 aromatic carbocycles. The van der Waals surface area contributed by atoms with Crippen molar-refractivity contribution < 1.29 is 0 Å². The Morgan fingerprint density at radius 1 is 1.50 bits per heavy atom. The molecule has 0 amide bonds. The topological polar surface area (TPSA) is 43.8 Å². The largest absolute Gasteiger partial charge is 0.337 e. The van der Waals surface area contributed by atoms with E-state index >= 15 is 0 Å². The summed E-state index contributed by atoms with van der Waals surface area (Å²) in [5.74, 6) is 3.62.